The van der Waals surface area contributed by atoms with Crippen LogP contribution in [0.4, 0.5) is 18.9 Å². The molecular weight excluding hydrogens is 569 g/mol. The number of allylic oxidation sites excluding steroid dienone is 2. The summed E-state index contributed by atoms with van der Waals surface area (Å²) in [6.45, 7) is 3.11. The van der Waals surface area contributed by atoms with Gasteiger partial charge in [-0.05, 0) is 49.9 Å². The SMILES string of the molecule is CCOC(=O)C1=C(N)N(c2ccc(F)cc2F)C2=C(C(=O)[C@H](C(=O)OCC)[C@H](c3cccs3)C2)[C@@H]1c1ccccc1F. The lowest BCUT2D eigenvalue weighted by Gasteiger charge is -2.43. The molecule has 3 atom stereocenters. The molecule has 3 aromatic rings. The van der Waals surface area contributed by atoms with Gasteiger partial charge >= 0.3 is 11.9 Å². The van der Waals surface area contributed by atoms with E-state index in [2.05, 4.69) is 0 Å². The van der Waals surface area contributed by atoms with Crippen LogP contribution in [0.1, 0.15) is 42.5 Å². The van der Waals surface area contributed by atoms with Crippen molar-refractivity contribution in [1.82, 2.24) is 0 Å². The van der Waals surface area contributed by atoms with E-state index in [1.165, 1.54) is 40.5 Å². The van der Waals surface area contributed by atoms with Gasteiger partial charge in [-0.3, -0.25) is 14.5 Å². The number of esters is 2. The van der Waals surface area contributed by atoms with Gasteiger partial charge in [0.15, 0.2) is 5.78 Å². The molecule has 0 unspecified atom stereocenters. The molecule has 218 valence electrons. The molecular formula is C31H27F3N2O5S. The summed E-state index contributed by atoms with van der Waals surface area (Å²) >= 11 is 1.32. The maximum Gasteiger partial charge on any atom is 0.338 e. The van der Waals surface area contributed by atoms with E-state index in [1.807, 2.05) is 0 Å². The number of Topliss-reactive ketones (excluding diaryl/α,β-unsaturated/α-hetero) is 1. The number of nitrogens with zero attached hydrogens (tertiary/aromatic N) is 1. The number of carbonyl (C=O) groups excluding carboxylic acids is 3. The third-order valence-corrected chi connectivity index (χ3v) is 8.35. The molecule has 0 bridgehead atoms. The number of hydrogen-bond acceptors (Lipinski definition) is 8. The number of anilines is 1. The lowest BCUT2D eigenvalue weighted by atomic mass is 9.68. The second-order valence-electron chi connectivity index (χ2n) is 9.69. The molecule has 1 aliphatic heterocycles. The van der Waals surface area contributed by atoms with Crippen molar-refractivity contribution in [1.29, 1.82) is 0 Å². The number of rotatable bonds is 7. The molecule has 0 spiro atoms. The second-order valence-corrected chi connectivity index (χ2v) is 10.7. The molecule has 7 nitrogen and oxygen atoms in total. The van der Waals surface area contributed by atoms with Crippen molar-refractivity contribution >= 4 is 34.7 Å². The van der Waals surface area contributed by atoms with Crippen molar-refractivity contribution in [3.8, 4) is 0 Å². The number of thiophene rings is 1. The third-order valence-electron chi connectivity index (χ3n) is 7.35. The van der Waals surface area contributed by atoms with Crippen LogP contribution in [0, 0.1) is 23.4 Å². The summed E-state index contributed by atoms with van der Waals surface area (Å²) in [6, 6.07) is 11.9. The van der Waals surface area contributed by atoms with Crippen molar-refractivity contribution < 1.29 is 37.0 Å². The molecule has 0 saturated carbocycles. The van der Waals surface area contributed by atoms with Crippen LogP contribution in [0.25, 0.3) is 0 Å². The van der Waals surface area contributed by atoms with Crippen molar-refractivity contribution in [2.45, 2.75) is 32.1 Å². The number of carbonyl (C=O) groups is 3. The fraction of sp³-hybridized carbons (Fsp3) is 0.258. The minimum atomic E-state index is -1.38. The van der Waals surface area contributed by atoms with E-state index in [4.69, 9.17) is 15.2 Å². The van der Waals surface area contributed by atoms with Gasteiger partial charge in [0.2, 0.25) is 0 Å². The van der Waals surface area contributed by atoms with Gasteiger partial charge in [-0.2, -0.15) is 0 Å². The average molecular weight is 597 g/mol. The van der Waals surface area contributed by atoms with Gasteiger partial charge in [0, 0.05) is 33.7 Å². The zero-order chi connectivity index (χ0) is 30.1. The Bertz CT molecular complexity index is 1620. The van der Waals surface area contributed by atoms with Crippen LogP contribution in [0.2, 0.25) is 0 Å². The smallest absolute Gasteiger partial charge is 0.338 e. The second kappa shape index (κ2) is 11.8. The van der Waals surface area contributed by atoms with Crippen LogP contribution in [0.5, 0.6) is 0 Å². The van der Waals surface area contributed by atoms with Gasteiger partial charge in [0.1, 0.15) is 29.2 Å². The van der Waals surface area contributed by atoms with Crippen LogP contribution < -0.4 is 10.6 Å². The van der Waals surface area contributed by atoms with Crippen molar-refractivity contribution in [3.63, 3.8) is 0 Å². The molecule has 0 amide bonds. The molecule has 1 aliphatic carbocycles. The molecule has 2 aliphatic rings. The number of benzene rings is 2. The highest BCUT2D eigenvalue weighted by Gasteiger charge is 2.52. The normalized spacial score (nSPS) is 20.5. The van der Waals surface area contributed by atoms with E-state index in [1.54, 1.807) is 31.4 Å². The first-order valence-corrected chi connectivity index (χ1v) is 14.2. The highest BCUT2D eigenvalue weighted by molar-refractivity contribution is 7.10. The Balaban J connectivity index is 1.85. The van der Waals surface area contributed by atoms with Gasteiger partial charge in [-0.25, -0.2) is 18.0 Å². The zero-order valence-electron chi connectivity index (χ0n) is 22.7. The van der Waals surface area contributed by atoms with Crippen molar-refractivity contribution in [3.05, 3.63) is 111 Å². The molecule has 0 saturated heterocycles. The van der Waals surface area contributed by atoms with E-state index in [9.17, 15) is 18.8 Å². The maximum atomic E-state index is 15.5. The first kappa shape index (κ1) is 29.1. The Morgan fingerprint density at radius 3 is 2.38 bits per heavy atom. The number of ketones is 1. The molecule has 2 aromatic carbocycles. The molecule has 1 aromatic heterocycles. The van der Waals surface area contributed by atoms with Crippen molar-refractivity contribution in [2.75, 3.05) is 18.1 Å². The monoisotopic (exact) mass is 596 g/mol. The predicted octanol–water partition coefficient (Wildman–Crippen LogP) is 5.69. The molecule has 42 heavy (non-hydrogen) atoms. The lowest BCUT2D eigenvalue weighted by molar-refractivity contribution is -0.152. The summed E-state index contributed by atoms with van der Waals surface area (Å²) in [4.78, 5) is 43.2. The Labute approximate surface area is 244 Å². The molecule has 2 N–H and O–H groups in total. The Morgan fingerprint density at radius 1 is 1.00 bits per heavy atom. The summed E-state index contributed by atoms with van der Waals surface area (Å²) in [5.41, 5.74) is 6.06. The van der Waals surface area contributed by atoms with E-state index in [-0.39, 0.29) is 53.5 Å². The lowest BCUT2D eigenvalue weighted by Crippen LogP contribution is -2.46. The predicted molar refractivity (Wildman–Crippen MR) is 150 cm³/mol. The summed E-state index contributed by atoms with van der Waals surface area (Å²) in [6.07, 6.45) is -0.0242. The quantitative estimate of drug-likeness (QED) is 0.276. The topological polar surface area (TPSA) is 98.9 Å². The molecule has 0 radical (unpaired) electrons. The van der Waals surface area contributed by atoms with Crippen LogP contribution in [-0.2, 0) is 23.9 Å². The summed E-state index contributed by atoms with van der Waals surface area (Å²) in [5.74, 6) is -8.80. The Morgan fingerprint density at radius 2 is 1.74 bits per heavy atom. The maximum absolute atomic E-state index is 15.5. The van der Waals surface area contributed by atoms with Crippen LogP contribution in [-0.4, -0.2) is 30.9 Å². The minimum Gasteiger partial charge on any atom is -0.465 e. The summed E-state index contributed by atoms with van der Waals surface area (Å²) < 4.78 is 55.4. The first-order valence-electron chi connectivity index (χ1n) is 13.3. The highest BCUT2D eigenvalue weighted by Crippen LogP contribution is 2.52. The number of ether oxygens (including phenoxy) is 2. The van der Waals surface area contributed by atoms with Gasteiger partial charge in [-0.1, -0.05) is 24.3 Å². The zero-order valence-corrected chi connectivity index (χ0v) is 23.6. The van der Waals surface area contributed by atoms with E-state index >= 15 is 8.78 Å². The van der Waals surface area contributed by atoms with Crippen LogP contribution in [0.15, 0.2) is 82.6 Å². The fourth-order valence-electron chi connectivity index (χ4n) is 5.67. The Hall–Kier alpha value is -4.38. The molecule has 0 fully saturated rings. The van der Waals surface area contributed by atoms with Gasteiger partial charge in [-0.15, -0.1) is 11.3 Å². The molecule has 5 rings (SSSR count). The van der Waals surface area contributed by atoms with Gasteiger partial charge in [0.25, 0.3) is 0 Å². The fourth-order valence-corrected chi connectivity index (χ4v) is 6.53. The van der Waals surface area contributed by atoms with E-state index in [0.717, 1.165) is 12.1 Å². The number of halogens is 3. The first-order chi connectivity index (χ1) is 20.2. The van der Waals surface area contributed by atoms with Gasteiger partial charge < -0.3 is 15.2 Å². The van der Waals surface area contributed by atoms with Crippen LogP contribution in [0.3, 0.4) is 0 Å². The summed E-state index contributed by atoms with van der Waals surface area (Å²) in [7, 11) is 0. The average Bonchev–Trinajstić information content (AvgIpc) is 3.49. The largest absolute Gasteiger partial charge is 0.465 e. The van der Waals surface area contributed by atoms with Gasteiger partial charge in [0.05, 0.1) is 30.4 Å². The molecule has 11 heteroatoms. The van der Waals surface area contributed by atoms with Crippen LogP contribution >= 0.6 is 11.3 Å². The number of hydrogen-bond donors (Lipinski definition) is 1. The Kier molecular flexibility index (Phi) is 8.22. The van der Waals surface area contributed by atoms with E-state index in [0.29, 0.717) is 10.9 Å². The third kappa shape index (κ3) is 4.98. The highest BCUT2D eigenvalue weighted by atomic mass is 32.1. The number of nitrogens with two attached hydrogens (primary N) is 1. The van der Waals surface area contributed by atoms with E-state index < -0.39 is 52.9 Å². The molecule has 2 heterocycles. The standard InChI is InChI=1S/C31H27F3N2O5S/c1-3-40-30(38)25-18(23-10-7-13-42-23)15-22-26(28(25)37)24(17-8-5-6-9-19(17)33)27(31(39)41-4-2)29(35)36(22)21-12-11-16(32)14-20(21)34/h5-14,18,24-25H,3-4,15,35H2,1-2H3/t18-,24-,25+/m0/s1. The minimum absolute atomic E-state index is 0.0102. The van der Waals surface area contributed by atoms with Crippen molar-refractivity contribution in [2.24, 2.45) is 11.7 Å². The summed E-state index contributed by atoms with van der Waals surface area (Å²) in [5, 5.41) is 1.79.